The summed E-state index contributed by atoms with van der Waals surface area (Å²) in [6, 6.07) is 8.84. The number of aliphatic hydroxyl groups is 2. The fourth-order valence-corrected chi connectivity index (χ4v) is 4.25. The van der Waals surface area contributed by atoms with Gasteiger partial charge >= 0.3 is 0 Å². The Labute approximate surface area is 174 Å². The van der Waals surface area contributed by atoms with E-state index in [1.807, 2.05) is 11.9 Å². The third-order valence-corrected chi connectivity index (χ3v) is 5.85. The van der Waals surface area contributed by atoms with Gasteiger partial charge in [-0.1, -0.05) is 0 Å². The third-order valence-electron chi connectivity index (χ3n) is 5.85. The lowest BCUT2D eigenvalue weighted by Crippen LogP contribution is -2.47. The molecule has 0 aliphatic carbocycles. The molecule has 0 spiro atoms. The molecule has 0 saturated carbocycles. The average molecular weight is 419 g/mol. The van der Waals surface area contributed by atoms with Gasteiger partial charge in [0.2, 0.25) is 0 Å². The van der Waals surface area contributed by atoms with Gasteiger partial charge in [0.15, 0.2) is 0 Å². The highest BCUT2D eigenvalue weighted by atomic mass is 19.1. The van der Waals surface area contributed by atoms with E-state index >= 15 is 0 Å². The Bertz CT molecular complexity index is 822. The van der Waals surface area contributed by atoms with Gasteiger partial charge in [0.25, 0.3) is 0 Å². The Morgan fingerprint density at radius 2 is 1.30 bits per heavy atom. The van der Waals surface area contributed by atoms with Crippen molar-refractivity contribution in [2.75, 3.05) is 20.1 Å². The summed E-state index contributed by atoms with van der Waals surface area (Å²) in [4.78, 5) is 1.85. The van der Waals surface area contributed by atoms with Crippen molar-refractivity contribution in [2.24, 2.45) is 0 Å². The lowest BCUT2D eigenvalue weighted by Gasteiger charge is -2.34. The van der Waals surface area contributed by atoms with Crippen LogP contribution in [0.25, 0.3) is 0 Å². The first-order chi connectivity index (χ1) is 14.4. The Hall–Kier alpha value is -2.22. The molecule has 2 heterocycles. The van der Waals surface area contributed by atoms with Crippen molar-refractivity contribution in [3.8, 4) is 11.5 Å². The van der Waals surface area contributed by atoms with Gasteiger partial charge in [-0.05, 0) is 80.3 Å². The Morgan fingerprint density at radius 3 is 1.73 bits per heavy atom. The van der Waals surface area contributed by atoms with Crippen LogP contribution in [-0.4, -0.2) is 59.7 Å². The summed E-state index contributed by atoms with van der Waals surface area (Å²) in [5.74, 6) is 0.644. The number of hydrogen-bond acceptors (Lipinski definition) is 5. The van der Waals surface area contributed by atoms with E-state index in [-0.39, 0.29) is 23.8 Å². The van der Waals surface area contributed by atoms with E-state index < -0.39 is 12.2 Å². The molecular weight excluding hydrogens is 392 g/mol. The molecule has 0 saturated heterocycles. The number of halogens is 2. The minimum Gasteiger partial charge on any atom is -0.487 e. The zero-order valence-corrected chi connectivity index (χ0v) is 16.9. The van der Waals surface area contributed by atoms with Crippen molar-refractivity contribution >= 4 is 0 Å². The van der Waals surface area contributed by atoms with E-state index in [1.54, 1.807) is 12.1 Å². The molecule has 5 nitrogen and oxygen atoms in total. The van der Waals surface area contributed by atoms with E-state index in [2.05, 4.69) is 0 Å². The summed E-state index contributed by atoms with van der Waals surface area (Å²) < 4.78 is 38.4. The summed E-state index contributed by atoms with van der Waals surface area (Å²) in [6.45, 7) is 0.652. The molecule has 2 aliphatic heterocycles. The Kier molecular flexibility index (Phi) is 6.22. The molecule has 0 radical (unpaired) electrons. The summed E-state index contributed by atoms with van der Waals surface area (Å²) in [5.41, 5.74) is 1.63. The molecule has 2 aliphatic rings. The molecule has 4 rings (SSSR count). The van der Waals surface area contributed by atoms with Crippen molar-refractivity contribution in [1.82, 2.24) is 4.90 Å². The summed E-state index contributed by atoms with van der Waals surface area (Å²) >= 11 is 0. The highest BCUT2D eigenvalue weighted by molar-refractivity contribution is 5.36. The second-order valence-electron chi connectivity index (χ2n) is 8.25. The second kappa shape index (κ2) is 8.88. The number of nitrogens with zero attached hydrogens (tertiary/aromatic N) is 1. The second-order valence-corrected chi connectivity index (χ2v) is 8.25. The molecule has 0 bridgehead atoms. The maximum absolute atomic E-state index is 13.3. The molecule has 4 atom stereocenters. The normalized spacial score (nSPS) is 22.5. The minimum absolute atomic E-state index is 0.289. The molecule has 2 N–H and O–H groups in total. The van der Waals surface area contributed by atoms with Crippen molar-refractivity contribution in [3.63, 3.8) is 0 Å². The molecule has 0 fully saturated rings. The van der Waals surface area contributed by atoms with E-state index in [0.29, 0.717) is 50.3 Å². The standard InChI is InChI=1S/C23H27F2NO4/c1-26(12-18(27)22-6-2-14-10-16(24)4-8-20(14)29-22)13-19(28)23-7-3-15-11-17(25)5-9-21(15)30-23/h4-5,8-11,18-19,22-23,27-28H,2-3,6-7,12-13H2,1H3/t18-,19-,22-,23+/m1/s1. The quantitative estimate of drug-likeness (QED) is 0.754. The van der Waals surface area contributed by atoms with Gasteiger partial charge in [-0.25, -0.2) is 8.78 Å². The predicted octanol–water partition coefficient (Wildman–Crippen LogP) is 2.71. The maximum Gasteiger partial charge on any atom is 0.126 e. The van der Waals surface area contributed by atoms with E-state index in [1.165, 1.54) is 24.3 Å². The van der Waals surface area contributed by atoms with Crippen molar-refractivity contribution in [3.05, 3.63) is 59.2 Å². The van der Waals surface area contributed by atoms with E-state index in [9.17, 15) is 19.0 Å². The zero-order chi connectivity index (χ0) is 21.3. The zero-order valence-electron chi connectivity index (χ0n) is 16.9. The summed E-state index contributed by atoms with van der Waals surface area (Å²) in [7, 11) is 1.82. The molecule has 0 aromatic heterocycles. The van der Waals surface area contributed by atoms with Crippen LogP contribution in [0.1, 0.15) is 24.0 Å². The van der Waals surface area contributed by atoms with Gasteiger partial charge in [-0.15, -0.1) is 0 Å². The molecule has 0 unspecified atom stereocenters. The van der Waals surface area contributed by atoms with Crippen LogP contribution in [0.2, 0.25) is 0 Å². The van der Waals surface area contributed by atoms with Crippen LogP contribution < -0.4 is 9.47 Å². The first kappa shape index (κ1) is 21.0. The van der Waals surface area contributed by atoms with Crippen LogP contribution >= 0.6 is 0 Å². The van der Waals surface area contributed by atoms with Crippen molar-refractivity contribution < 1.29 is 28.5 Å². The number of fused-ring (bicyclic) bond motifs is 2. The van der Waals surface area contributed by atoms with E-state index in [0.717, 1.165) is 11.1 Å². The fraction of sp³-hybridized carbons (Fsp3) is 0.478. The number of benzene rings is 2. The number of hydrogen-bond donors (Lipinski definition) is 2. The first-order valence-electron chi connectivity index (χ1n) is 10.3. The number of aryl methyl sites for hydroxylation is 2. The number of ether oxygens (including phenoxy) is 2. The van der Waals surface area contributed by atoms with Crippen LogP contribution in [0, 0.1) is 11.6 Å². The predicted molar refractivity (Wildman–Crippen MR) is 108 cm³/mol. The van der Waals surface area contributed by atoms with Crippen LogP contribution in [-0.2, 0) is 12.8 Å². The monoisotopic (exact) mass is 419 g/mol. The van der Waals surface area contributed by atoms with Crippen molar-refractivity contribution in [1.29, 1.82) is 0 Å². The van der Waals surface area contributed by atoms with Gasteiger partial charge in [0.05, 0.1) is 0 Å². The lowest BCUT2D eigenvalue weighted by atomic mass is 9.98. The molecule has 162 valence electrons. The smallest absolute Gasteiger partial charge is 0.126 e. The van der Waals surface area contributed by atoms with Gasteiger partial charge in [0.1, 0.15) is 47.5 Å². The highest BCUT2D eigenvalue weighted by Crippen LogP contribution is 2.31. The highest BCUT2D eigenvalue weighted by Gasteiger charge is 2.30. The fourth-order valence-electron chi connectivity index (χ4n) is 4.25. The summed E-state index contributed by atoms with van der Waals surface area (Å²) in [6.07, 6.45) is 0.271. The van der Waals surface area contributed by atoms with Gasteiger partial charge in [-0.2, -0.15) is 0 Å². The third kappa shape index (κ3) is 4.74. The molecular formula is C23H27F2NO4. The van der Waals surface area contributed by atoms with Gasteiger partial charge in [0, 0.05) is 13.1 Å². The number of likely N-dealkylation sites (N-methyl/N-ethyl adjacent to an activating group) is 1. The first-order valence-corrected chi connectivity index (χ1v) is 10.3. The Morgan fingerprint density at radius 1 is 0.867 bits per heavy atom. The molecule has 7 heteroatoms. The average Bonchev–Trinajstić information content (AvgIpc) is 2.72. The SMILES string of the molecule is CN(C[C@@H](O)[C@@H]1CCc2cc(F)ccc2O1)C[C@@H](O)[C@H]1CCc2cc(F)ccc2O1. The molecule has 2 aromatic carbocycles. The van der Waals surface area contributed by atoms with Gasteiger partial charge in [-0.3, -0.25) is 0 Å². The van der Waals surface area contributed by atoms with Crippen LogP contribution in [0.5, 0.6) is 11.5 Å². The van der Waals surface area contributed by atoms with Crippen LogP contribution in [0.4, 0.5) is 8.78 Å². The largest absolute Gasteiger partial charge is 0.487 e. The number of rotatable bonds is 6. The van der Waals surface area contributed by atoms with Crippen LogP contribution in [0.3, 0.4) is 0 Å². The topological polar surface area (TPSA) is 62.2 Å². The number of aliphatic hydroxyl groups excluding tert-OH is 2. The van der Waals surface area contributed by atoms with Crippen molar-refractivity contribution in [2.45, 2.75) is 50.1 Å². The summed E-state index contributed by atoms with van der Waals surface area (Å²) in [5, 5.41) is 21.2. The minimum atomic E-state index is -0.739. The molecule has 2 aromatic rings. The molecule has 30 heavy (non-hydrogen) atoms. The van der Waals surface area contributed by atoms with E-state index in [4.69, 9.17) is 9.47 Å². The van der Waals surface area contributed by atoms with Crippen LogP contribution in [0.15, 0.2) is 36.4 Å². The Balaban J connectivity index is 1.28. The lowest BCUT2D eigenvalue weighted by molar-refractivity contribution is -0.0212. The maximum atomic E-state index is 13.3. The van der Waals surface area contributed by atoms with Gasteiger partial charge < -0.3 is 24.6 Å². The molecule has 0 amide bonds.